The van der Waals surface area contributed by atoms with Gasteiger partial charge in [0.25, 0.3) is 0 Å². The summed E-state index contributed by atoms with van der Waals surface area (Å²) in [6, 6.07) is 5.78. The molecule has 78 valence electrons. The maximum absolute atomic E-state index is 5.53. The van der Waals surface area contributed by atoms with Crippen molar-refractivity contribution in [2.24, 2.45) is 0 Å². The number of nitrogens with two attached hydrogens (primary N) is 1. The van der Waals surface area contributed by atoms with Gasteiger partial charge in [-0.3, -0.25) is 0 Å². The number of aryl methyl sites for hydroxylation is 1. The smallest absolute Gasteiger partial charge is 0.170 e. The normalized spacial score (nSPS) is 10.6. The molecular weight excluding hydrogens is 256 g/mol. The molecule has 3 nitrogen and oxygen atoms in total. The van der Waals surface area contributed by atoms with E-state index in [9.17, 15) is 0 Å². The van der Waals surface area contributed by atoms with Crippen molar-refractivity contribution in [1.82, 2.24) is 5.16 Å². The fraction of sp³-hybridized carbons (Fsp3) is 0.182. The van der Waals surface area contributed by atoms with Gasteiger partial charge in [-0.15, -0.1) is 0 Å². The largest absolute Gasteiger partial charge is 0.381 e. The first-order valence-corrected chi connectivity index (χ1v) is 5.37. The van der Waals surface area contributed by atoms with Crippen molar-refractivity contribution in [3.8, 4) is 11.3 Å². The SMILES string of the molecule is Cc1ccc(Br)c(-c2cc(N)no2)c1C. The molecule has 0 aliphatic carbocycles. The van der Waals surface area contributed by atoms with E-state index in [0.29, 0.717) is 11.6 Å². The van der Waals surface area contributed by atoms with Gasteiger partial charge in [-0.25, -0.2) is 0 Å². The van der Waals surface area contributed by atoms with Crippen LogP contribution in [0.1, 0.15) is 11.1 Å². The van der Waals surface area contributed by atoms with Gasteiger partial charge >= 0.3 is 0 Å². The summed E-state index contributed by atoms with van der Waals surface area (Å²) in [6.45, 7) is 4.11. The number of aromatic nitrogens is 1. The molecule has 2 rings (SSSR count). The number of nitrogens with zero attached hydrogens (tertiary/aromatic N) is 1. The maximum atomic E-state index is 5.53. The van der Waals surface area contributed by atoms with Gasteiger partial charge in [0.1, 0.15) is 0 Å². The minimum Gasteiger partial charge on any atom is -0.381 e. The molecular formula is C11H11BrN2O. The van der Waals surface area contributed by atoms with Crippen LogP contribution in [0, 0.1) is 13.8 Å². The lowest BCUT2D eigenvalue weighted by Gasteiger charge is -2.07. The van der Waals surface area contributed by atoms with Crippen LogP contribution in [0.3, 0.4) is 0 Å². The standard InChI is InChI=1S/C11H11BrN2O/c1-6-3-4-8(12)11(7(6)2)9-5-10(13)14-15-9/h3-5H,1-2H3,(H2,13,14). The van der Waals surface area contributed by atoms with Gasteiger partial charge in [-0.05, 0) is 31.0 Å². The second-order valence-corrected chi connectivity index (χ2v) is 4.33. The summed E-state index contributed by atoms with van der Waals surface area (Å²) in [7, 11) is 0. The molecule has 1 aromatic heterocycles. The first kappa shape index (κ1) is 10.2. The molecule has 4 heteroatoms. The highest BCUT2D eigenvalue weighted by atomic mass is 79.9. The van der Waals surface area contributed by atoms with Crippen LogP contribution in [0.5, 0.6) is 0 Å². The van der Waals surface area contributed by atoms with Gasteiger partial charge < -0.3 is 10.3 Å². The molecule has 0 saturated heterocycles. The summed E-state index contributed by atoms with van der Waals surface area (Å²) >= 11 is 3.50. The molecule has 1 aromatic carbocycles. The molecule has 0 saturated carbocycles. The molecule has 0 aliphatic rings. The lowest BCUT2D eigenvalue weighted by Crippen LogP contribution is -1.87. The van der Waals surface area contributed by atoms with E-state index in [1.54, 1.807) is 6.07 Å². The van der Waals surface area contributed by atoms with E-state index in [1.807, 2.05) is 13.0 Å². The van der Waals surface area contributed by atoms with E-state index < -0.39 is 0 Å². The zero-order valence-corrected chi connectivity index (χ0v) is 10.1. The second-order valence-electron chi connectivity index (χ2n) is 3.48. The van der Waals surface area contributed by atoms with Gasteiger partial charge in [-0.1, -0.05) is 27.2 Å². The van der Waals surface area contributed by atoms with Crippen LogP contribution in [0.2, 0.25) is 0 Å². The van der Waals surface area contributed by atoms with Crippen LogP contribution in [-0.2, 0) is 0 Å². The molecule has 0 amide bonds. The lowest BCUT2D eigenvalue weighted by molar-refractivity contribution is 0.435. The summed E-state index contributed by atoms with van der Waals surface area (Å²) in [4.78, 5) is 0. The van der Waals surface area contributed by atoms with E-state index in [4.69, 9.17) is 10.3 Å². The fourth-order valence-corrected chi connectivity index (χ4v) is 2.12. The predicted molar refractivity (Wildman–Crippen MR) is 63.5 cm³/mol. The topological polar surface area (TPSA) is 52.0 Å². The number of anilines is 1. The molecule has 15 heavy (non-hydrogen) atoms. The third-order valence-electron chi connectivity index (χ3n) is 2.46. The Morgan fingerprint density at radius 3 is 2.67 bits per heavy atom. The summed E-state index contributed by atoms with van der Waals surface area (Å²) in [5.74, 6) is 1.10. The highest BCUT2D eigenvalue weighted by Gasteiger charge is 2.12. The monoisotopic (exact) mass is 266 g/mol. The van der Waals surface area contributed by atoms with Crippen molar-refractivity contribution in [2.75, 3.05) is 5.73 Å². The molecule has 0 aliphatic heterocycles. The van der Waals surface area contributed by atoms with Gasteiger partial charge in [0.05, 0.1) is 0 Å². The van der Waals surface area contributed by atoms with E-state index in [1.165, 1.54) is 11.1 Å². The number of hydrogen-bond donors (Lipinski definition) is 1. The first-order chi connectivity index (χ1) is 7.09. The lowest BCUT2D eigenvalue weighted by atomic mass is 10.0. The zero-order valence-electron chi connectivity index (χ0n) is 8.54. The Bertz CT molecular complexity index is 505. The van der Waals surface area contributed by atoms with Crippen LogP contribution in [-0.4, -0.2) is 5.16 Å². The van der Waals surface area contributed by atoms with Crippen LogP contribution in [0.15, 0.2) is 27.2 Å². The van der Waals surface area contributed by atoms with Crippen LogP contribution in [0.4, 0.5) is 5.82 Å². The van der Waals surface area contributed by atoms with E-state index in [-0.39, 0.29) is 0 Å². The summed E-state index contributed by atoms with van der Waals surface area (Å²) in [5, 5.41) is 3.69. The highest BCUT2D eigenvalue weighted by molar-refractivity contribution is 9.10. The van der Waals surface area contributed by atoms with Crippen molar-refractivity contribution in [2.45, 2.75) is 13.8 Å². The van der Waals surface area contributed by atoms with Crippen LogP contribution >= 0.6 is 15.9 Å². The van der Waals surface area contributed by atoms with Crippen molar-refractivity contribution >= 4 is 21.7 Å². The Balaban J connectivity index is 2.66. The van der Waals surface area contributed by atoms with Gasteiger partial charge in [-0.2, -0.15) is 0 Å². The van der Waals surface area contributed by atoms with Crippen LogP contribution < -0.4 is 5.73 Å². The second kappa shape index (κ2) is 3.70. The average molecular weight is 267 g/mol. The number of nitrogen functional groups attached to an aromatic ring is 1. The van der Waals surface area contributed by atoms with E-state index >= 15 is 0 Å². The Hall–Kier alpha value is -1.29. The van der Waals surface area contributed by atoms with Crippen molar-refractivity contribution in [3.63, 3.8) is 0 Å². The van der Waals surface area contributed by atoms with Gasteiger partial charge in [0.2, 0.25) is 0 Å². The minimum absolute atomic E-state index is 0.401. The quantitative estimate of drug-likeness (QED) is 0.862. The molecule has 0 spiro atoms. The Labute approximate surface area is 96.4 Å². The molecule has 1 heterocycles. The number of hydrogen-bond acceptors (Lipinski definition) is 3. The molecule has 2 aromatic rings. The molecule has 0 bridgehead atoms. The number of benzene rings is 1. The third kappa shape index (κ3) is 1.77. The summed E-state index contributed by atoms with van der Waals surface area (Å²) in [5.41, 5.74) is 8.93. The molecule has 0 fully saturated rings. The predicted octanol–water partition coefficient (Wildman–Crippen LogP) is 3.30. The van der Waals surface area contributed by atoms with Gasteiger partial charge in [0.15, 0.2) is 11.6 Å². The fourth-order valence-electron chi connectivity index (χ4n) is 1.49. The minimum atomic E-state index is 0.401. The zero-order chi connectivity index (χ0) is 11.0. The van der Waals surface area contributed by atoms with Crippen molar-refractivity contribution < 1.29 is 4.52 Å². The molecule has 0 atom stereocenters. The van der Waals surface area contributed by atoms with Crippen LogP contribution in [0.25, 0.3) is 11.3 Å². The number of halogens is 1. The van der Waals surface area contributed by atoms with Crippen molar-refractivity contribution in [1.29, 1.82) is 0 Å². The highest BCUT2D eigenvalue weighted by Crippen LogP contribution is 2.33. The van der Waals surface area contributed by atoms with E-state index in [0.717, 1.165) is 10.0 Å². The number of rotatable bonds is 1. The average Bonchev–Trinajstić information content (AvgIpc) is 2.59. The maximum Gasteiger partial charge on any atom is 0.170 e. The van der Waals surface area contributed by atoms with E-state index in [2.05, 4.69) is 34.1 Å². The third-order valence-corrected chi connectivity index (χ3v) is 3.12. The Morgan fingerprint density at radius 1 is 1.33 bits per heavy atom. The van der Waals surface area contributed by atoms with Crippen molar-refractivity contribution in [3.05, 3.63) is 33.8 Å². The molecule has 2 N–H and O–H groups in total. The summed E-state index contributed by atoms with van der Waals surface area (Å²) in [6.07, 6.45) is 0. The van der Waals surface area contributed by atoms with Gasteiger partial charge in [0, 0.05) is 16.1 Å². The Kier molecular flexibility index (Phi) is 2.52. The summed E-state index contributed by atoms with van der Waals surface area (Å²) < 4.78 is 6.15. The first-order valence-electron chi connectivity index (χ1n) is 4.58. The molecule has 0 radical (unpaired) electrons. The Morgan fingerprint density at radius 2 is 2.07 bits per heavy atom. The molecule has 0 unspecified atom stereocenters.